The fourth-order valence-electron chi connectivity index (χ4n) is 3.41. The normalized spacial score (nSPS) is 21.6. The van der Waals surface area contributed by atoms with Crippen LogP contribution in [-0.4, -0.2) is 23.1 Å². The molecule has 1 aliphatic carbocycles. The van der Waals surface area contributed by atoms with E-state index in [4.69, 9.17) is 22.9 Å². The summed E-state index contributed by atoms with van der Waals surface area (Å²) in [5.74, 6) is 2.51. The molecule has 0 radical (unpaired) electrons. The summed E-state index contributed by atoms with van der Waals surface area (Å²) in [5, 5.41) is 0. The van der Waals surface area contributed by atoms with Gasteiger partial charge >= 0.3 is 0 Å². The molecule has 20 heavy (non-hydrogen) atoms. The lowest BCUT2D eigenvalue weighted by atomic mass is 9.95. The summed E-state index contributed by atoms with van der Waals surface area (Å²) in [4.78, 5) is 7.78. The summed E-state index contributed by atoms with van der Waals surface area (Å²) in [5.41, 5.74) is 9.51. The van der Waals surface area contributed by atoms with Crippen molar-refractivity contribution in [1.82, 2.24) is 4.98 Å². The summed E-state index contributed by atoms with van der Waals surface area (Å²) in [6, 6.07) is 2.19. The molecule has 4 heteroatoms. The molecule has 1 fully saturated rings. The van der Waals surface area contributed by atoms with E-state index < -0.39 is 0 Å². The van der Waals surface area contributed by atoms with Crippen LogP contribution in [0, 0.1) is 11.8 Å². The van der Waals surface area contributed by atoms with E-state index in [1.54, 1.807) is 0 Å². The van der Waals surface area contributed by atoms with E-state index in [2.05, 4.69) is 24.8 Å². The van der Waals surface area contributed by atoms with Gasteiger partial charge in [-0.05, 0) is 49.1 Å². The molecule has 1 saturated heterocycles. The number of aryl methyl sites for hydroxylation is 2. The van der Waals surface area contributed by atoms with Crippen LogP contribution in [0.25, 0.3) is 0 Å². The second-order valence-corrected chi connectivity index (χ2v) is 6.86. The molecule has 1 aliphatic heterocycles. The van der Waals surface area contributed by atoms with Crippen molar-refractivity contribution in [3.63, 3.8) is 0 Å². The van der Waals surface area contributed by atoms with Gasteiger partial charge in [0.05, 0.1) is 5.56 Å². The molecular weight excluding hydrogens is 266 g/mol. The smallest absolute Gasteiger partial charge is 0.139 e. The molecule has 0 spiro atoms. The Balaban J connectivity index is 1.94. The van der Waals surface area contributed by atoms with Gasteiger partial charge < -0.3 is 10.6 Å². The summed E-state index contributed by atoms with van der Waals surface area (Å²) in [6.45, 7) is 6.76. The molecule has 2 aliphatic rings. The molecule has 2 heterocycles. The van der Waals surface area contributed by atoms with Crippen LogP contribution in [0.1, 0.15) is 43.5 Å². The van der Waals surface area contributed by atoms with Gasteiger partial charge in [0.1, 0.15) is 10.8 Å². The number of hydrogen-bond acceptors (Lipinski definition) is 3. The van der Waals surface area contributed by atoms with Crippen molar-refractivity contribution in [3.05, 3.63) is 22.9 Å². The first-order valence-electron chi connectivity index (χ1n) is 7.64. The predicted octanol–water partition coefficient (Wildman–Crippen LogP) is 2.69. The fourth-order valence-corrected chi connectivity index (χ4v) is 3.56. The molecule has 2 N–H and O–H groups in total. The zero-order chi connectivity index (χ0) is 14.3. The van der Waals surface area contributed by atoms with Crippen LogP contribution in [0.2, 0.25) is 0 Å². The molecule has 1 atom stereocenters. The molecule has 1 aromatic rings. The number of hydrogen-bond donors (Lipinski definition) is 1. The van der Waals surface area contributed by atoms with Gasteiger partial charge in [0.15, 0.2) is 0 Å². The van der Waals surface area contributed by atoms with Gasteiger partial charge in [0, 0.05) is 18.8 Å². The minimum atomic E-state index is 0.482. The van der Waals surface area contributed by atoms with Gasteiger partial charge in [-0.15, -0.1) is 0 Å². The number of nitrogens with two attached hydrogens (primary N) is 1. The standard InChI is InChI=1S/C16H23N3S/c1-10(2)12-6-7-19(9-12)16-13(15(17)20)8-11-4-3-5-14(11)18-16/h8,10,12H,3-7,9H2,1-2H3,(H2,17,20). The molecule has 0 bridgehead atoms. The van der Waals surface area contributed by atoms with Gasteiger partial charge in [-0.25, -0.2) is 4.98 Å². The molecule has 0 aromatic carbocycles. The average molecular weight is 289 g/mol. The lowest BCUT2D eigenvalue weighted by molar-refractivity contribution is 0.422. The summed E-state index contributed by atoms with van der Waals surface area (Å²) in [6.07, 6.45) is 4.67. The Morgan fingerprint density at radius 1 is 1.45 bits per heavy atom. The quantitative estimate of drug-likeness (QED) is 0.869. The van der Waals surface area contributed by atoms with Gasteiger partial charge in [-0.3, -0.25) is 0 Å². The molecule has 3 nitrogen and oxygen atoms in total. The first-order chi connectivity index (χ1) is 9.56. The maximum absolute atomic E-state index is 5.94. The second kappa shape index (κ2) is 5.32. The number of nitrogens with zero attached hydrogens (tertiary/aromatic N) is 2. The highest BCUT2D eigenvalue weighted by atomic mass is 32.1. The van der Waals surface area contributed by atoms with Gasteiger partial charge in [-0.1, -0.05) is 26.1 Å². The lowest BCUT2D eigenvalue weighted by Crippen LogP contribution is -2.26. The number of aromatic nitrogens is 1. The Morgan fingerprint density at radius 3 is 2.90 bits per heavy atom. The number of rotatable bonds is 3. The van der Waals surface area contributed by atoms with Crippen molar-refractivity contribution < 1.29 is 0 Å². The Labute approximate surface area is 126 Å². The Bertz CT molecular complexity index is 539. The van der Waals surface area contributed by atoms with E-state index in [0.717, 1.165) is 49.1 Å². The predicted molar refractivity (Wildman–Crippen MR) is 87.3 cm³/mol. The Kier molecular flexibility index (Phi) is 3.67. The summed E-state index contributed by atoms with van der Waals surface area (Å²) < 4.78 is 0. The van der Waals surface area contributed by atoms with Crippen LogP contribution in [0.4, 0.5) is 5.82 Å². The largest absolute Gasteiger partial charge is 0.389 e. The average Bonchev–Trinajstić information content (AvgIpc) is 3.05. The van der Waals surface area contributed by atoms with Gasteiger partial charge in [0.25, 0.3) is 0 Å². The van der Waals surface area contributed by atoms with Crippen LogP contribution in [-0.2, 0) is 12.8 Å². The highest BCUT2D eigenvalue weighted by Gasteiger charge is 2.29. The molecule has 0 saturated carbocycles. The molecule has 0 amide bonds. The Hall–Kier alpha value is -1.16. The zero-order valence-corrected chi connectivity index (χ0v) is 13.2. The fraction of sp³-hybridized carbons (Fsp3) is 0.625. The number of anilines is 1. The third-order valence-electron chi connectivity index (χ3n) is 4.76. The van der Waals surface area contributed by atoms with Crippen LogP contribution < -0.4 is 10.6 Å². The number of pyridine rings is 1. The minimum Gasteiger partial charge on any atom is -0.389 e. The van der Waals surface area contributed by atoms with Crippen LogP contribution in [0.15, 0.2) is 6.07 Å². The van der Waals surface area contributed by atoms with Crippen LogP contribution >= 0.6 is 12.2 Å². The van der Waals surface area contributed by atoms with E-state index in [1.807, 2.05) is 0 Å². The zero-order valence-electron chi connectivity index (χ0n) is 12.4. The summed E-state index contributed by atoms with van der Waals surface area (Å²) in [7, 11) is 0. The third kappa shape index (κ3) is 2.41. The van der Waals surface area contributed by atoms with Gasteiger partial charge in [-0.2, -0.15) is 0 Å². The first-order valence-corrected chi connectivity index (χ1v) is 8.04. The molecular formula is C16H23N3S. The van der Waals surface area contributed by atoms with Crippen molar-refractivity contribution >= 4 is 23.0 Å². The van der Waals surface area contributed by atoms with Crippen molar-refractivity contribution in [3.8, 4) is 0 Å². The monoisotopic (exact) mass is 289 g/mol. The van der Waals surface area contributed by atoms with Crippen molar-refractivity contribution in [2.24, 2.45) is 17.6 Å². The molecule has 1 aromatic heterocycles. The van der Waals surface area contributed by atoms with E-state index in [1.165, 1.54) is 24.1 Å². The SMILES string of the molecule is CC(C)C1CCN(c2nc3c(cc2C(N)=S)CCC3)C1. The maximum atomic E-state index is 5.94. The van der Waals surface area contributed by atoms with E-state index in [9.17, 15) is 0 Å². The highest BCUT2D eigenvalue weighted by Crippen LogP contribution is 2.32. The highest BCUT2D eigenvalue weighted by molar-refractivity contribution is 7.80. The third-order valence-corrected chi connectivity index (χ3v) is 4.98. The Morgan fingerprint density at radius 2 is 2.25 bits per heavy atom. The molecule has 108 valence electrons. The van der Waals surface area contributed by atoms with E-state index in [0.29, 0.717) is 4.99 Å². The first kappa shape index (κ1) is 13.8. The van der Waals surface area contributed by atoms with Crippen molar-refractivity contribution in [1.29, 1.82) is 0 Å². The number of thiocarbonyl (C=S) groups is 1. The topological polar surface area (TPSA) is 42.2 Å². The maximum Gasteiger partial charge on any atom is 0.139 e. The minimum absolute atomic E-state index is 0.482. The van der Waals surface area contributed by atoms with E-state index in [-0.39, 0.29) is 0 Å². The van der Waals surface area contributed by atoms with Crippen molar-refractivity contribution in [2.75, 3.05) is 18.0 Å². The summed E-state index contributed by atoms with van der Waals surface area (Å²) >= 11 is 5.25. The van der Waals surface area contributed by atoms with E-state index >= 15 is 0 Å². The lowest BCUT2D eigenvalue weighted by Gasteiger charge is -2.22. The van der Waals surface area contributed by atoms with Gasteiger partial charge in [0.2, 0.25) is 0 Å². The van der Waals surface area contributed by atoms with Crippen LogP contribution in [0.5, 0.6) is 0 Å². The molecule has 3 rings (SSSR count). The number of fused-ring (bicyclic) bond motifs is 1. The van der Waals surface area contributed by atoms with Crippen molar-refractivity contribution in [2.45, 2.75) is 39.5 Å². The van der Waals surface area contributed by atoms with Crippen LogP contribution in [0.3, 0.4) is 0 Å². The molecule has 1 unspecified atom stereocenters. The second-order valence-electron chi connectivity index (χ2n) is 6.42.